The van der Waals surface area contributed by atoms with E-state index in [-0.39, 0.29) is 0 Å². The summed E-state index contributed by atoms with van der Waals surface area (Å²) in [6, 6.07) is 0. The number of halogens is 1. The van der Waals surface area contributed by atoms with Crippen LogP contribution in [0.4, 0.5) is 5.82 Å². The summed E-state index contributed by atoms with van der Waals surface area (Å²) in [5.41, 5.74) is 0.669. The maximum atomic E-state index is 9.92. The van der Waals surface area contributed by atoms with Gasteiger partial charge in [0.2, 0.25) is 0 Å². The molecule has 1 aromatic rings. The number of likely N-dealkylation sites (N-methyl/N-ethyl adjacent to an activating group) is 1. The molecule has 1 aliphatic rings. The Labute approximate surface area is 101 Å². The minimum atomic E-state index is -0.698. The Morgan fingerprint density at radius 1 is 1.50 bits per heavy atom. The second kappa shape index (κ2) is 4.26. The Bertz CT molecular complexity index is 453. The number of hydrogen-bond donors (Lipinski definition) is 2. The Balaban J connectivity index is 2.22. The molecule has 0 spiro atoms. The smallest absolute Gasteiger partial charge is 0.167 e. The molecule has 86 valence electrons. The van der Waals surface area contributed by atoms with Gasteiger partial charge in [0.15, 0.2) is 6.23 Å². The van der Waals surface area contributed by atoms with E-state index in [4.69, 9.17) is 0 Å². The first-order chi connectivity index (χ1) is 7.58. The average Bonchev–Trinajstić information content (AvgIpc) is 2.60. The number of aromatic nitrogens is 3. The molecule has 2 rings (SSSR count). The molecule has 0 bridgehead atoms. The number of aryl methyl sites for hydroxylation is 1. The van der Waals surface area contributed by atoms with E-state index in [1.165, 1.54) is 0 Å². The van der Waals surface area contributed by atoms with Crippen LogP contribution in [0, 0.1) is 0 Å². The number of anilines is 1. The first-order valence-electron chi connectivity index (χ1n) is 4.68. The molecule has 1 unspecified atom stereocenters. The SMILES string of the molecule is CN1C=C(Br)C=C(Nc2cnnn2C)C1O. The van der Waals surface area contributed by atoms with Gasteiger partial charge < -0.3 is 15.3 Å². The molecule has 0 aromatic carbocycles. The molecule has 7 heteroatoms. The fraction of sp³-hybridized carbons (Fsp3) is 0.333. The lowest BCUT2D eigenvalue weighted by Crippen LogP contribution is -2.34. The molecular formula is C9H12BrN5O. The second-order valence-corrected chi connectivity index (χ2v) is 4.44. The zero-order chi connectivity index (χ0) is 11.7. The van der Waals surface area contributed by atoms with Gasteiger partial charge in [-0.15, -0.1) is 5.10 Å². The molecule has 1 aliphatic heterocycles. The Kier molecular flexibility index (Phi) is 2.97. The van der Waals surface area contributed by atoms with Crippen LogP contribution in [-0.2, 0) is 7.05 Å². The van der Waals surface area contributed by atoms with Gasteiger partial charge in [-0.2, -0.15) is 0 Å². The highest BCUT2D eigenvalue weighted by molar-refractivity contribution is 9.11. The molecule has 1 aromatic heterocycles. The summed E-state index contributed by atoms with van der Waals surface area (Å²) < 4.78 is 2.48. The maximum Gasteiger partial charge on any atom is 0.167 e. The third-order valence-corrected chi connectivity index (χ3v) is 2.70. The van der Waals surface area contributed by atoms with Crippen LogP contribution in [0.5, 0.6) is 0 Å². The summed E-state index contributed by atoms with van der Waals surface area (Å²) in [7, 11) is 3.57. The largest absolute Gasteiger partial charge is 0.368 e. The fourth-order valence-corrected chi connectivity index (χ4v) is 1.97. The molecule has 0 saturated heterocycles. The topological polar surface area (TPSA) is 66.2 Å². The van der Waals surface area contributed by atoms with E-state index in [1.807, 2.05) is 6.08 Å². The molecule has 2 N–H and O–H groups in total. The Morgan fingerprint density at radius 2 is 2.25 bits per heavy atom. The van der Waals surface area contributed by atoms with Crippen LogP contribution in [0.3, 0.4) is 0 Å². The molecule has 0 radical (unpaired) electrons. The van der Waals surface area contributed by atoms with Crippen LogP contribution in [0.15, 0.2) is 28.7 Å². The van der Waals surface area contributed by atoms with Crippen LogP contribution in [0.25, 0.3) is 0 Å². The summed E-state index contributed by atoms with van der Waals surface area (Å²) in [6.07, 6.45) is 4.52. The number of allylic oxidation sites excluding steroid dienone is 2. The number of nitrogens with one attached hydrogen (secondary N) is 1. The first-order valence-corrected chi connectivity index (χ1v) is 5.48. The van der Waals surface area contributed by atoms with E-state index in [9.17, 15) is 5.11 Å². The zero-order valence-electron chi connectivity index (χ0n) is 8.92. The van der Waals surface area contributed by atoms with E-state index >= 15 is 0 Å². The Hall–Kier alpha value is -1.34. The highest BCUT2D eigenvalue weighted by Gasteiger charge is 2.19. The third-order valence-electron chi connectivity index (χ3n) is 2.27. The van der Waals surface area contributed by atoms with Gasteiger partial charge in [0.05, 0.1) is 11.9 Å². The predicted octanol–water partition coefficient (Wildman–Crippen LogP) is 0.611. The van der Waals surface area contributed by atoms with E-state index in [0.29, 0.717) is 5.70 Å². The minimum absolute atomic E-state index is 0.669. The van der Waals surface area contributed by atoms with Crippen molar-refractivity contribution in [2.75, 3.05) is 12.4 Å². The molecule has 2 heterocycles. The van der Waals surface area contributed by atoms with Gasteiger partial charge >= 0.3 is 0 Å². The van der Waals surface area contributed by atoms with Crippen molar-refractivity contribution in [3.8, 4) is 0 Å². The van der Waals surface area contributed by atoms with Crippen LogP contribution in [-0.4, -0.2) is 38.3 Å². The van der Waals surface area contributed by atoms with Crippen molar-refractivity contribution in [3.63, 3.8) is 0 Å². The van der Waals surface area contributed by atoms with Crippen molar-refractivity contribution < 1.29 is 5.11 Å². The predicted molar refractivity (Wildman–Crippen MR) is 63.5 cm³/mol. The number of hydrogen-bond acceptors (Lipinski definition) is 5. The summed E-state index contributed by atoms with van der Waals surface area (Å²) in [6.45, 7) is 0. The van der Waals surface area contributed by atoms with Crippen molar-refractivity contribution in [2.45, 2.75) is 6.23 Å². The highest BCUT2D eigenvalue weighted by atomic mass is 79.9. The number of rotatable bonds is 2. The van der Waals surface area contributed by atoms with Crippen LogP contribution in [0.2, 0.25) is 0 Å². The van der Waals surface area contributed by atoms with Gasteiger partial charge in [-0.3, -0.25) is 0 Å². The average molecular weight is 286 g/mol. The second-order valence-electron chi connectivity index (χ2n) is 3.52. The van der Waals surface area contributed by atoms with Gasteiger partial charge in [-0.05, 0) is 22.0 Å². The molecule has 0 fully saturated rings. The van der Waals surface area contributed by atoms with E-state index in [2.05, 4.69) is 31.6 Å². The van der Waals surface area contributed by atoms with Gasteiger partial charge in [0.1, 0.15) is 5.82 Å². The van der Waals surface area contributed by atoms with E-state index < -0.39 is 6.23 Å². The lowest BCUT2D eigenvalue weighted by Gasteiger charge is -2.28. The summed E-state index contributed by atoms with van der Waals surface area (Å²) in [5, 5.41) is 20.6. The van der Waals surface area contributed by atoms with E-state index in [0.717, 1.165) is 10.3 Å². The van der Waals surface area contributed by atoms with Crippen molar-refractivity contribution in [1.82, 2.24) is 19.9 Å². The molecule has 16 heavy (non-hydrogen) atoms. The highest BCUT2D eigenvalue weighted by Crippen LogP contribution is 2.22. The van der Waals surface area contributed by atoms with Crippen molar-refractivity contribution in [1.29, 1.82) is 0 Å². The van der Waals surface area contributed by atoms with Gasteiger partial charge in [0, 0.05) is 24.8 Å². The third kappa shape index (κ3) is 2.10. The van der Waals surface area contributed by atoms with Crippen LogP contribution in [0.1, 0.15) is 0 Å². The molecule has 0 saturated carbocycles. The number of aliphatic hydroxyl groups is 1. The molecular weight excluding hydrogens is 274 g/mol. The zero-order valence-corrected chi connectivity index (χ0v) is 10.5. The minimum Gasteiger partial charge on any atom is -0.368 e. The Morgan fingerprint density at radius 3 is 2.88 bits per heavy atom. The summed E-state index contributed by atoms with van der Waals surface area (Å²) in [4.78, 5) is 1.69. The lowest BCUT2D eigenvalue weighted by molar-refractivity contribution is 0.0868. The van der Waals surface area contributed by atoms with Crippen molar-refractivity contribution in [3.05, 3.63) is 28.7 Å². The van der Waals surface area contributed by atoms with E-state index in [1.54, 1.807) is 36.1 Å². The van der Waals surface area contributed by atoms with Gasteiger partial charge in [-0.1, -0.05) is 5.21 Å². The number of aliphatic hydroxyl groups excluding tert-OH is 1. The van der Waals surface area contributed by atoms with Crippen molar-refractivity contribution in [2.24, 2.45) is 7.05 Å². The molecule has 0 amide bonds. The molecule has 0 aliphatic carbocycles. The fourth-order valence-electron chi connectivity index (χ4n) is 1.40. The summed E-state index contributed by atoms with van der Waals surface area (Å²) in [5.74, 6) is 0.723. The number of nitrogens with zero attached hydrogens (tertiary/aromatic N) is 4. The van der Waals surface area contributed by atoms with Crippen LogP contribution >= 0.6 is 15.9 Å². The maximum absolute atomic E-state index is 9.92. The van der Waals surface area contributed by atoms with Gasteiger partial charge in [-0.25, -0.2) is 4.68 Å². The molecule has 1 atom stereocenters. The quantitative estimate of drug-likeness (QED) is 0.834. The first kappa shape index (κ1) is 11.2. The lowest BCUT2D eigenvalue weighted by atomic mass is 10.2. The normalized spacial score (nSPS) is 20.5. The molecule has 6 nitrogen and oxygen atoms in total. The van der Waals surface area contributed by atoms with Gasteiger partial charge in [0.25, 0.3) is 0 Å². The van der Waals surface area contributed by atoms with Crippen LogP contribution < -0.4 is 5.32 Å². The van der Waals surface area contributed by atoms with Crippen molar-refractivity contribution >= 4 is 21.7 Å². The standard InChI is InChI=1S/C9H12BrN5O/c1-14-5-6(10)3-7(9(14)16)12-8-4-11-13-15(8)2/h3-5,9,12,16H,1-2H3. The monoisotopic (exact) mass is 285 g/mol. The summed E-state index contributed by atoms with van der Waals surface area (Å²) >= 11 is 3.37.